The summed E-state index contributed by atoms with van der Waals surface area (Å²) in [5.41, 5.74) is 2.03. The number of nitrogens with zero attached hydrogens (tertiary/aromatic N) is 3. The molecule has 0 bridgehead atoms. The van der Waals surface area contributed by atoms with Gasteiger partial charge >= 0.3 is 0 Å². The first-order valence-electron chi connectivity index (χ1n) is 8.26. The first kappa shape index (κ1) is 17.5. The highest BCUT2D eigenvalue weighted by Crippen LogP contribution is 2.31. The minimum absolute atomic E-state index is 0.189. The van der Waals surface area contributed by atoms with E-state index >= 15 is 0 Å². The van der Waals surface area contributed by atoms with E-state index in [-0.39, 0.29) is 11.9 Å². The minimum atomic E-state index is -3.29. The number of sulfonamides is 1. The standard InChI is InChI=1S/C17H22N4O3S/c1-4-12(2)21-16(7-9-18-21)19-17(22)14-5-6-15-13(11-14)8-10-20(15)25(3,23)24/h5-7,9,11-12H,4,8,10H2,1-3H3,(H,19,22). The minimum Gasteiger partial charge on any atom is -0.307 e. The molecule has 1 atom stereocenters. The van der Waals surface area contributed by atoms with E-state index in [2.05, 4.69) is 17.3 Å². The zero-order chi connectivity index (χ0) is 18.2. The Morgan fingerprint density at radius 2 is 2.12 bits per heavy atom. The SMILES string of the molecule is CCC(C)n1nccc1NC(=O)c1ccc2c(c1)CCN2S(C)(=O)=O. The van der Waals surface area contributed by atoms with E-state index in [0.717, 1.165) is 12.0 Å². The first-order valence-corrected chi connectivity index (χ1v) is 10.1. The fourth-order valence-corrected chi connectivity index (χ4v) is 3.94. The highest BCUT2D eigenvalue weighted by atomic mass is 32.2. The van der Waals surface area contributed by atoms with E-state index in [1.54, 1.807) is 35.1 Å². The molecule has 1 N–H and O–H groups in total. The van der Waals surface area contributed by atoms with Gasteiger partial charge in [-0.2, -0.15) is 5.10 Å². The molecule has 1 aliphatic heterocycles. The Hall–Kier alpha value is -2.35. The maximum Gasteiger partial charge on any atom is 0.256 e. The van der Waals surface area contributed by atoms with Gasteiger partial charge in [-0.05, 0) is 43.5 Å². The van der Waals surface area contributed by atoms with Gasteiger partial charge < -0.3 is 5.32 Å². The number of hydrogen-bond donors (Lipinski definition) is 1. The van der Waals surface area contributed by atoms with Crippen LogP contribution in [0.2, 0.25) is 0 Å². The fourth-order valence-electron chi connectivity index (χ4n) is 2.98. The number of hydrogen-bond acceptors (Lipinski definition) is 4. The van der Waals surface area contributed by atoms with Gasteiger partial charge in [0.15, 0.2) is 0 Å². The van der Waals surface area contributed by atoms with E-state index in [1.165, 1.54) is 10.6 Å². The van der Waals surface area contributed by atoms with E-state index in [0.29, 0.717) is 30.0 Å². The zero-order valence-electron chi connectivity index (χ0n) is 14.6. The van der Waals surface area contributed by atoms with Crippen molar-refractivity contribution in [2.75, 3.05) is 22.4 Å². The molecule has 8 heteroatoms. The van der Waals surface area contributed by atoms with Crippen molar-refractivity contribution in [1.29, 1.82) is 0 Å². The van der Waals surface area contributed by atoms with Crippen LogP contribution in [-0.4, -0.2) is 36.9 Å². The lowest BCUT2D eigenvalue weighted by atomic mass is 10.1. The van der Waals surface area contributed by atoms with Gasteiger partial charge in [0.2, 0.25) is 10.0 Å². The van der Waals surface area contributed by atoms with Gasteiger partial charge in [-0.3, -0.25) is 9.10 Å². The average molecular weight is 362 g/mol. The second-order valence-corrected chi connectivity index (χ2v) is 8.21. The quantitative estimate of drug-likeness (QED) is 0.885. The second kappa shape index (κ2) is 6.51. The molecule has 7 nitrogen and oxygen atoms in total. The van der Waals surface area contributed by atoms with Gasteiger partial charge in [-0.1, -0.05) is 6.92 Å². The van der Waals surface area contributed by atoms with Gasteiger partial charge in [-0.25, -0.2) is 13.1 Å². The van der Waals surface area contributed by atoms with Crippen LogP contribution < -0.4 is 9.62 Å². The van der Waals surface area contributed by atoms with E-state index in [9.17, 15) is 13.2 Å². The summed E-state index contributed by atoms with van der Waals surface area (Å²) in [5, 5.41) is 7.14. The summed E-state index contributed by atoms with van der Waals surface area (Å²) in [6, 6.07) is 7.07. The molecule has 0 fully saturated rings. The number of carbonyl (C=O) groups excluding carboxylic acids is 1. The number of fused-ring (bicyclic) bond motifs is 1. The maximum absolute atomic E-state index is 12.6. The summed E-state index contributed by atoms with van der Waals surface area (Å²) in [7, 11) is -3.29. The van der Waals surface area contributed by atoms with Crippen LogP contribution in [0.25, 0.3) is 0 Å². The summed E-state index contributed by atoms with van der Waals surface area (Å²) in [5.74, 6) is 0.420. The van der Waals surface area contributed by atoms with Gasteiger partial charge in [0, 0.05) is 18.2 Å². The number of rotatable bonds is 5. The first-order chi connectivity index (χ1) is 11.8. The summed E-state index contributed by atoms with van der Waals surface area (Å²) >= 11 is 0. The van der Waals surface area contributed by atoms with Crippen LogP contribution in [0, 0.1) is 0 Å². The lowest BCUT2D eigenvalue weighted by Gasteiger charge is -2.17. The van der Waals surface area contributed by atoms with E-state index < -0.39 is 10.0 Å². The number of aromatic nitrogens is 2. The van der Waals surface area contributed by atoms with Gasteiger partial charge in [-0.15, -0.1) is 0 Å². The normalized spacial score (nSPS) is 15.1. The number of anilines is 2. The molecule has 1 amide bonds. The molecule has 25 heavy (non-hydrogen) atoms. The Morgan fingerprint density at radius 3 is 2.80 bits per heavy atom. The van der Waals surface area contributed by atoms with Crippen molar-refractivity contribution in [2.45, 2.75) is 32.7 Å². The third-order valence-corrected chi connectivity index (χ3v) is 5.70. The van der Waals surface area contributed by atoms with Crippen molar-refractivity contribution in [3.8, 4) is 0 Å². The molecule has 3 rings (SSSR count). The second-order valence-electron chi connectivity index (χ2n) is 6.30. The van der Waals surface area contributed by atoms with Gasteiger partial charge in [0.05, 0.1) is 24.2 Å². The highest BCUT2D eigenvalue weighted by Gasteiger charge is 2.26. The Morgan fingerprint density at radius 1 is 1.36 bits per heavy atom. The average Bonchev–Trinajstić information content (AvgIpc) is 3.19. The Kier molecular flexibility index (Phi) is 4.55. The molecule has 0 aliphatic carbocycles. The molecule has 1 unspecified atom stereocenters. The van der Waals surface area contributed by atoms with Crippen LogP contribution in [0.1, 0.15) is 42.2 Å². The molecule has 2 heterocycles. The third-order valence-electron chi connectivity index (χ3n) is 4.52. The molecule has 2 aromatic rings. The topological polar surface area (TPSA) is 84.3 Å². The van der Waals surface area contributed by atoms with Crippen molar-refractivity contribution in [3.05, 3.63) is 41.6 Å². The van der Waals surface area contributed by atoms with Crippen molar-refractivity contribution < 1.29 is 13.2 Å². The number of carbonyl (C=O) groups is 1. The van der Waals surface area contributed by atoms with Crippen LogP contribution >= 0.6 is 0 Å². The van der Waals surface area contributed by atoms with Crippen molar-refractivity contribution in [3.63, 3.8) is 0 Å². The lowest BCUT2D eigenvalue weighted by Crippen LogP contribution is -2.27. The molecule has 1 aliphatic rings. The summed E-state index contributed by atoms with van der Waals surface area (Å²) in [6.07, 6.45) is 4.37. The third kappa shape index (κ3) is 3.39. The number of benzene rings is 1. The molecule has 0 saturated carbocycles. The molecule has 134 valence electrons. The van der Waals surface area contributed by atoms with Crippen molar-refractivity contribution in [2.24, 2.45) is 0 Å². The fraction of sp³-hybridized carbons (Fsp3) is 0.412. The smallest absolute Gasteiger partial charge is 0.256 e. The predicted octanol–water partition coefficient (Wildman–Crippen LogP) is 2.43. The van der Waals surface area contributed by atoms with Crippen LogP contribution in [0.15, 0.2) is 30.5 Å². The molecule has 0 spiro atoms. The Labute approximate surface area is 147 Å². The predicted molar refractivity (Wildman–Crippen MR) is 97.5 cm³/mol. The largest absolute Gasteiger partial charge is 0.307 e. The summed E-state index contributed by atoms with van der Waals surface area (Å²) < 4.78 is 26.8. The van der Waals surface area contributed by atoms with Gasteiger partial charge in [0.25, 0.3) is 5.91 Å². The molecular formula is C17H22N4O3S. The van der Waals surface area contributed by atoms with Crippen LogP contribution in [-0.2, 0) is 16.4 Å². The Balaban J connectivity index is 1.82. The van der Waals surface area contributed by atoms with Crippen molar-refractivity contribution >= 4 is 27.4 Å². The summed E-state index contributed by atoms with van der Waals surface area (Å²) in [4.78, 5) is 12.6. The number of amides is 1. The van der Waals surface area contributed by atoms with Crippen molar-refractivity contribution in [1.82, 2.24) is 9.78 Å². The lowest BCUT2D eigenvalue weighted by molar-refractivity contribution is 0.102. The molecule has 0 saturated heterocycles. The van der Waals surface area contributed by atoms with Crippen LogP contribution in [0.3, 0.4) is 0 Å². The van der Waals surface area contributed by atoms with Crippen LogP contribution in [0.5, 0.6) is 0 Å². The Bertz CT molecular complexity index is 904. The molecule has 1 aromatic heterocycles. The monoisotopic (exact) mass is 362 g/mol. The zero-order valence-corrected chi connectivity index (χ0v) is 15.4. The molecular weight excluding hydrogens is 340 g/mol. The number of nitrogens with one attached hydrogen (secondary N) is 1. The highest BCUT2D eigenvalue weighted by molar-refractivity contribution is 7.92. The van der Waals surface area contributed by atoms with E-state index in [4.69, 9.17) is 0 Å². The van der Waals surface area contributed by atoms with E-state index in [1.807, 2.05) is 6.92 Å². The molecule has 1 aromatic carbocycles. The van der Waals surface area contributed by atoms with Gasteiger partial charge in [0.1, 0.15) is 5.82 Å². The van der Waals surface area contributed by atoms with Crippen LogP contribution in [0.4, 0.5) is 11.5 Å². The summed E-state index contributed by atoms with van der Waals surface area (Å²) in [6.45, 7) is 4.52. The molecule has 0 radical (unpaired) electrons. The maximum atomic E-state index is 12.6.